The smallest absolute Gasteiger partial charge is 0.327 e. The summed E-state index contributed by atoms with van der Waals surface area (Å²) in [5.41, 5.74) is 7.25. The first kappa shape index (κ1) is 11.0. The van der Waals surface area contributed by atoms with Crippen molar-refractivity contribution in [2.45, 2.75) is 13.0 Å². The lowest BCUT2D eigenvalue weighted by Crippen LogP contribution is -2.22. The Balaban J connectivity index is 2.96. The third-order valence-corrected chi connectivity index (χ3v) is 2.42. The highest BCUT2D eigenvalue weighted by Gasteiger charge is 2.16. The summed E-state index contributed by atoms with van der Waals surface area (Å²) in [4.78, 5) is 11.1. The fourth-order valence-electron chi connectivity index (χ4n) is 1.07. The molecule has 1 atom stereocenters. The Labute approximate surface area is 87.8 Å². The van der Waals surface area contributed by atoms with E-state index >= 15 is 0 Å². The van der Waals surface area contributed by atoms with Crippen LogP contribution in [0.25, 0.3) is 0 Å². The molecule has 0 spiro atoms. The first-order valence-electron chi connectivity index (χ1n) is 4.15. The van der Waals surface area contributed by atoms with E-state index in [1.165, 1.54) is 7.11 Å². The van der Waals surface area contributed by atoms with Crippen LogP contribution >= 0.6 is 11.6 Å². The SMILES string of the molecule is COC(=O)[C@@H](N)c1ccc(C)c(Cl)c1. The molecular weight excluding hydrogens is 202 g/mol. The normalized spacial score (nSPS) is 12.3. The minimum Gasteiger partial charge on any atom is -0.468 e. The number of hydrogen-bond donors (Lipinski definition) is 1. The van der Waals surface area contributed by atoms with Gasteiger partial charge in [0, 0.05) is 5.02 Å². The van der Waals surface area contributed by atoms with Crippen molar-refractivity contribution in [2.75, 3.05) is 7.11 Å². The molecule has 0 amide bonds. The van der Waals surface area contributed by atoms with Gasteiger partial charge in [0.05, 0.1) is 7.11 Å². The van der Waals surface area contributed by atoms with Crippen molar-refractivity contribution in [3.63, 3.8) is 0 Å². The van der Waals surface area contributed by atoms with E-state index in [2.05, 4.69) is 4.74 Å². The van der Waals surface area contributed by atoms with Crippen molar-refractivity contribution in [2.24, 2.45) is 5.73 Å². The lowest BCUT2D eigenvalue weighted by molar-refractivity contribution is -0.142. The summed E-state index contributed by atoms with van der Waals surface area (Å²) in [5.74, 6) is -0.468. The van der Waals surface area contributed by atoms with Crippen LogP contribution in [-0.4, -0.2) is 13.1 Å². The maximum absolute atomic E-state index is 11.1. The Morgan fingerprint density at radius 3 is 2.71 bits per heavy atom. The molecule has 0 aliphatic carbocycles. The van der Waals surface area contributed by atoms with Crippen molar-refractivity contribution in [3.05, 3.63) is 34.3 Å². The summed E-state index contributed by atoms with van der Waals surface area (Å²) in [6.07, 6.45) is 0. The van der Waals surface area contributed by atoms with Gasteiger partial charge in [-0.3, -0.25) is 4.79 Å². The molecule has 0 unspecified atom stereocenters. The molecule has 0 bridgehead atoms. The number of rotatable bonds is 2. The summed E-state index contributed by atoms with van der Waals surface area (Å²) >= 11 is 5.90. The molecule has 1 aromatic carbocycles. The maximum atomic E-state index is 11.1. The highest BCUT2D eigenvalue weighted by Crippen LogP contribution is 2.20. The molecule has 14 heavy (non-hydrogen) atoms. The van der Waals surface area contributed by atoms with Gasteiger partial charge in [-0.15, -0.1) is 0 Å². The Bertz CT molecular complexity index is 352. The quantitative estimate of drug-likeness (QED) is 0.763. The van der Waals surface area contributed by atoms with Crippen LogP contribution in [0.4, 0.5) is 0 Å². The zero-order valence-corrected chi connectivity index (χ0v) is 8.84. The zero-order chi connectivity index (χ0) is 10.7. The number of ether oxygens (including phenoxy) is 1. The van der Waals surface area contributed by atoms with Gasteiger partial charge < -0.3 is 10.5 Å². The molecule has 76 valence electrons. The van der Waals surface area contributed by atoms with Crippen LogP contribution in [0.5, 0.6) is 0 Å². The van der Waals surface area contributed by atoms with Crippen LogP contribution in [0.3, 0.4) is 0 Å². The monoisotopic (exact) mass is 213 g/mol. The largest absolute Gasteiger partial charge is 0.468 e. The van der Waals surface area contributed by atoms with Crippen molar-refractivity contribution in [1.82, 2.24) is 0 Å². The molecule has 1 aromatic rings. The molecular formula is C10H12ClNO2. The number of halogens is 1. The third-order valence-electron chi connectivity index (χ3n) is 2.01. The van der Waals surface area contributed by atoms with Gasteiger partial charge in [0.15, 0.2) is 0 Å². The molecule has 1 rings (SSSR count). The Morgan fingerprint density at radius 1 is 1.57 bits per heavy atom. The summed E-state index contributed by atoms with van der Waals surface area (Å²) in [5, 5.41) is 0.599. The Kier molecular flexibility index (Phi) is 3.49. The van der Waals surface area contributed by atoms with Gasteiger partial charge in [0.1, 0.15) is 6.04 Å². The van der Waals surface area contributed by atoms with E-state index in [-0.39, 0.29) is 0 Å². The summed E-state index contributed by atoms with van der Waals surface area (Å²) in [7, 11) is 1.30. The second-order valence-corrected chi connectivity index (χ2v) is 3.42. The van der Waals surface area contributed by atoms with Crippen LogP contribution in [0.2, 0.25) is 5.02 Å². The van der Waals surface area contributed by atoms with E-state index in [9.17, 15) is 4.79 Å². The molecule has 0 aromatic heterocycles. The minimum atomic E-state index is -0.766. The first-order valence-corrected chi connectivity index (χ1v) is 4.53. The van der Waals surface area contributed by atoms with Gasteiger partial charge in [-0.05, 0) is 24.1 Å². The lowest BCUT2D eigenvalue weighted by atomic mass is 10.1. The number of carbonyl (C=O) groups excluding carboxylic acids is 1. The van der Waals surface area contributed by atoms with E-state index in [1.807, 2.05) is 13.0 Å². The summed E-state index contributed by atoms with van der Waals surface area (Å²) in [6.45, 7) is 1.88. The molecule has 0 fully saturated rings. The number of benzene rings is 1. The standard InChI is InChI=1S/C10H12ClNO2/c1-6-3-4-7(5-8(6)11)9(12)10(13)14-2/h3-5,9H,12H2,1-2H3/t9-/m0/s1. The third kappa shape index (κ3) is 2.25. The highest BCUT2D eigenvalue weighted by atomic mass is 35.5. The van der Waals surface area contributed by atoms with Crippen LogP contribution < -0.4 is 5.73 Å². The van der Waals surface area contributed by atoms with Gasteiger partial charge in [0.25, 0.3) is 0 Å². The topological polar surface area (TPSA) is 52.3 Å². The average Bonchev–Trinajstić information content (AvgIpc) is 2.20. The number of hydrogen-bond acceptors (Lipinski definition) is 3. The number of aryl methyl sites for hydroxylation is 1. The van der Waals surface area contributed by atoms with Crippen molar-refractivity contribution in [3.8, 4) is 0 Å². The lowest BCUT2D eigenvalue weighted by Gasteiger charge is -2.10. The van der Waals surface area contributed by atoms with E-state index in [0.717, 1.165) is 5.56 Å². The highest BCUT2D eigenvalue weighted by molar-refractivity contribution is 6.31. The molecule has 4 heteroatoms. The molecule has 0 saturated heterocycles. The maximum Gasteiger partial charge on any atom is 0.327 e. The molecule has 0 radical (unpaired) electrons. The van der Waals surface area contributed by atoms with Crippen molar-refractivity contribution < 1.29 is 9.53 Å². The predicted molar refractivity (Wildman–Crippen MR) is 55.1 cm³/mol. The second kappa shape index (κ2) is 4.44. The van der Waals surface area contributed by atoms with Crippen LogP contribution in [0.1, 0.15) is 17.2 Å². The van der Waals surface area contributed by atoms with Gasteiger partial charge in [-0.1, -0.05) is 23.7 Å². The number of carbonyl (C=O) groups is 1. The number of esters is 1. The van der Waals surface area contributed by atoms with Crippen LogP contribution in [0.15, 0.2) is 18.2 Å². The second-order valence-electron chi connectivity index (χ2n) is 3.01. The number of nitrogens with two attached hydrogens (primary N) is 1. The van der Waals surface area contributed by atoms with Crippen LogP contribution in [0, 0.1) is 6.92 Å². The Morgan fingerprint density at radius 2 is 2.21 bits per heavy atom. The molecule has 0 heterocycles. The average molecular weight is 214 g/mol. The fourth-order valence-corrected chi connectivity index (χ4v) is 1.25. The van der Waals surface area contributed by atoms with E-state index < -0.39 is 12.0 Å². The summed E-state index contributed by atoms with van der Waals surface area (Å²) < 4.78 is 4.53. The predicted octanol–water partition coefficient (Wildman–Crippen LogP) is 1.82. The number of methoxy groups -OCH3 is 1. The fraction of sp³-hybridized carbons (Fsp3) is 0.300. The van der Waals surface area contributed by atoms with Crippen LogP contribution in [-0.2, 0) is 9.53 Å². The molecule has 0 saturated carbocycles. The molecule has 2 N–H and O–H groups in total. The zero-order valence-electron chi connectivity index (χ0n) is 8.08. The molecule has 0 aliphatic heterocycles. The van der Waals surface area contributed by atoms with Crippen molar-refractivity contribution >= 4 is 17.6 Å². The van der Waals surface area contributed by atoms with Crippen molar-refractivity contribution in [1.29, 1.82) is 0 Å². The minimum absolute atomic E-state index is 0.468. The summed E-state index contributed by atoms with van der Waals surface area (Å²) in [6, 6.07) is 4.50. The van der Waals surface area contributed by atoms with Gasteiger partial charge in [0.2, 0.25) is 0 Å². The van der Waals surface area contributed by atoms with Gasteiger partial charge >= 0.3 is 5.97 Å². The van der Waals surface area contributed by atoms with E-state index in [4.69, 9.17) is 17.3 Å². The van der Waals surface area contributed by atoms with Gasteiger partial charge in [-0.2, -0.15) is 0 Å². The molecule has 3 nitrogen and oxygen atoms in total. The van der Waals surface area contributed by atoms with E-state index in [1.54, 1.807) is 12.1 Å². The first-order chi connectivity index (χ1) is 6.56. The molecule has 0 aliphatic rings. The Hall–Kier alpha value is -1.06. The van der Waals surface area contributed by atoms with E-state index in [0.29, 0.717) is 10.6 Å². The van der Waals surface area contributed by atoms with Gasteiger partial charge in [-0.25, -0.2) is 0 Å².